The van der Waals surface area contributed by atoms with Crippen LogP contribution in [0.4, 0.5) is 4.39 Å². The summed E-state index contributed by atoms with van der Waals surface area (Å²) >= 11 is 0. The zero-order chi connectivity index (χ0) is 25.0. The van der Waals surface area contributed by atoms with Gasteiger partial charge in [0.2, 0.25) is 0 Å². The van der Waals surface area contributed by atoms with Crippen LogP contribution in [-0.2, 0) is 19.1 Å². The Morgan fingerprint density at radius 1 is 0.941 bits per heavy atom. The molecular weight excluding hydrogens is 441 g/mol. The Labute approximate surface area is 194 Å². The molecule has 0 bridgehead atoms. The minimum absolute atomic E-state index is 0.179. The van der Waals surface area contributed by atoms with Crippen LogP contribution in [0, 0.1) is 51.1 Å². The topological polar surface area (TPSA) is 144 Å². The number of carbonyl (C=O) groups excluding carboxylic acids is 2. The summed E-state index contributed by atoms with van der Waals surface area (Å²) in [6, 6.07) is 16.4. The van der Waals surface area contributed by atoms with Crippen LogP contribution in [0.25, 0.3) is 0 Å². The largest absolute Gasteiger partial charge is 0.511 e. The monoisotopic (exact) mass is 459 g/mol. The molecule has 0 spiro atoms. The van der Waals surface area contributed by atoms with E-state index in [0.717, 1.165) is 26.4 Å². The normalized spacial score (nSPS) is 20.9. The van der Waals surface area contributed by atoms with Gasteiger partial charge in [-0.2, -0.15) is 15.8 Å². The fourth-order valence-electron chi connectivity index (χ4n) is 4.45. The summed E-state index contributed by atoms with van der Waals surface area (Å²) in [6.45, 7) is 0. The first-order valence-electron chi connectivity index (χ1n) is 9.96. The van der Waals surface area contributed by atoms with Crippen LogP contribution >= 0.6 is 0 Å². The van der Waals surface area contributed by atoms with Crippen molar-refractivity contribution in [3.8, 4) is 18.2 Å². The lowest BCUT2D eigenvalue weighted by molar-refractivity contribution is -0.147. The van der Waals surface area contributed by atoms with Gasteiger partial charge in [0.1, 0.15) is 17.5 Å². The maximum Gasteiger partial charge on any atom is 0.337 e. The van der Waals surface area contributed by atoms with E-state index in [1.54, 1.807) is 0 Å². The number of methoxy groups -OCH3 is 2. The Morgan fingerprint density at radius 3 is 1.97 bits per heavy atom. The minimum atomic E-state index is -2.14. The van der Waals surface area contributed by atoms with Crippen molar-refractivity contribution < 1.29 is 28.6 Å². The first-order chi connectivity index (χ1) is 16.3. The third-order valence-corrected chi connectivity index (χ3v) is 5.97. The van der Waals surface area contributed by atoms with Crippen LogP contribution < -0.4 is 0 Å². The lowest BCUT2D eigenvalue weighted by Gasteiger charge is -2.44. The van der Waals surface area contributed by atoms with E-state index in [9.17, 15) is 29.6 Å². The molecule has 9 heteroatoms. The van der Waals surface area contributed by atoms with E-state index in [0.29, 0.717) is 5.56 Å². The fraction of sp³-hybridized carbons (Fsp3) is 0.240. The first-order valence-corrected chi connectivity index (χ1v) is 9.96. The van der Waals surface area contributed by atoms with E-state index in [1.165, 1.54) is 36.4 Å². The molecule has 0 aromatic heterocycles. The Bertz CT molecular complexity index is 1270. The van der Waals surface area contributed by atoms with Gasteiger partial charge in [0.25, 0.3) is 0 Å². The van der Waals surface area contributed by atoms with Crippen LogP contribution in [0.3, 0.4) is 0 Å². The number of aliphatic hydroxyl groups is 1. The summed E-state index contributed by atoms with van der Waals surface area (Å²) in [6.07, 6.45) is 0. The van der Waals surface area contributed by atoms with E-state index < -0.39 is 52.3 Å². The van der Waals surface area contributed by atoms with Gasteiger partial charge in [-0.25, -0.2) is 9.18 Å². The summed E-state index contributed by atoms with van der Waals surface area (Å²) in [7, 11) is 2.11. The maximum absolute atomic E-state index is 13.7. The van der Waals surface area contributed by atoms with Crippen molar-refractivity contribution in [1.82, 2.24) is 0 Å². The Kier molecular flexibility index (Phi) is 6.66. The fourth-order valence-corrected chi connectivity index (χ4v) is 4.45. The SMILES string of the molecule is COC(=O)C1=C(O)[C@@H](C(=O)OC)[C@@H](c2ccc(C#N)cc2)C(C#N)(C#N)[C@@H]1c1ccc(F)cc1. The minimum Gasteiger partial charge on any atom is -0.511 e. The molecule has 3 atom stereocenters. The predicted molar refractivity (Wildman–Crippen MR) is 114 cm³/mol. The molecule has 0 saturated heterocycles. The molecule has 2 aromatic carbocycles. The summed E-state index contributed by atoms with van der Waals surface area (Å²) in [5.41, 5.74) is -1.87. The molecule has 0 fully saturated rings. The zero-order valence-corrected chi connectivity index (χ0v) is 18.2. The third kappa shape index (κ3) is 3.72. The zero-order valence-electron chi connectivity index (χ0n) is 18.2. The van der Waals surface area contributed by atoms with Crippen molar-refractivity contribution in [3.05, 3.63) is 82.4 Å². The molecule has 0 radical (unpaired) electrons. The second kappa shape index (κ2) is 9.44. The molecule has 0 aliphatic heterocycles. The van der Waals surface area contributed by atoms with Crippen molar-refractivity contribution in [1.29, 1.82) is 15.8 Å². The van der Waals surface area contributed by atoms with Gasteiger partial charge < -0.3 is 14.6 Å². The Morgan fingerprint density at radius 2 is 1.50 bits per heavy atom. The smallest absolute Gasteiger partial charge is 0.337 e. The molecule has 3 rings (SSSR count). The number of nitriles is 3. The van der Waals surface area contributed by atoms with Gasteiger partial charge in [0.05, 0.1) is 49.5 Å². The lowest BCUT2D eigenvalue weighted by atomic mass is 9.54. The highest BCUT2D eigenvalue weighted by Crippen LogP contribution is 2.58. The predicted octanol–water partition coefficient (Wildman–Crippen LogP) is 3.39. The van der Waals surface area contributed by atoms with Gasteiger partial charge >= 0.3 is 11.9 Å². The average molecular weight is 459 g/mol. The molecular formula is C25H18FN3O5. The molecule has 8 nitrogen and oxygen atoms in total. The van der Waals surface area contributed by atoms with Crippen LogP contribution in [0.15, 0.2) is 59.9 Å². The number of aliphatic hydroxyl groups excluding tert-OH is 1. The van der Waals surface area contributed by atoms with E-state index in [2.05, 4.69) is 0 Å². The number of nitrogens with zero attached hydrogens (tertiary/aromatic N) is 3. The van der Waals surface area contributed by atoms with Crippen molar-refractivity contribution >= 4 is 11.9 Å². The molecule has 1 aliphatic rings. The molecule has 34 heavy (non-hydrogen) atoms. The summed E-state index contributed by atoms with van der Waals surface area (Å²) in [5, 5.41) is 41.1. The van der Waals surface area contributed by atoms with Crippen LogP contribution in [0.5, 0.6) is 0 Å². The molecule has 1 N–H and O–H groups in total. The summed E-state index contributed by atoms with van der Waals surface area (Å²) in [4.78, 5) is 25.7. The van der Waals surface area contributed by atoms with E-state index in [-0.39, 0.29) is 11.1 Å². The van der Waals surface area contributed by atoms with E-state index in [4.69, 9.17) is 14.7 Å². The third-order valence-electron chi connectivity index (χ3n) is 5.97. The van der Waals surface area contributed by atoms with Crippen molar-refractivity contribution in [3.63, 3.8) is 0 Å². The van der Waals surface area contributed by atoms with Crippen molar-refractivity contribution in [2.75, 3.05) is 14.2 Å². The van der Waals surface area contributed by atoms with Crippen LogP contribution in [0.2, 0.25) is 0 Å². The van der Waals surface area contributed by atoms with Gasteiger partial charge in [-0.3, -0.25) is 4.79 Å². The van der Waals surface area contributed by atoms with Gasteiger partial charge in [0, 0.05) is 5.92 Å². The number of benzene rings is 2. The molecule has 0 saturated carbocycles. The summed E-state index contributed by atoms with van der Waals surface area (Å²) < 4.78 is 23.3. The van der Waals surface area contributed by atoms with Crippen LogP contribution in [0.1, 0.15) is 28.5 Å². The van der Waals surface area contributed by atoms with Crippen molar-refractivity contribution in [2.45, 2.75) is 11.8 Å². The Balaban J connectivity index is 2.46. The number of hydrogen-bond donors (Lipinski definition) is 1. The number of esters is 2. The highest BCUT2D eigenvalue weighted by molar-refractivity contribution is 5.94. The number of ether oxygens (including phenoxy) is 2. The first kappa shape index (κ1) is 24.0. The number of carbonyl (C=O) groups is 2. The summed E-state index contributed by atoms with van der Waals surface area (Å²) in [5.74, 6) is -7.69. The average Bonchev–Trinajstić information content (AvgIpc) is 2.87. The van der Waals surface area contributed by atoms with Gasteiger partial charge in [-0.1, -0.05) is 24.3 Å². The van der Waals surface area contributed by atoms with Crippen LogP contribution in [-0.4, -0.2) is 31.3 Å². The molecule has 170 valence electrons. The highest BCUT2D eigenvalue weighted by atomic mass is 19.1. The van der Waals surface area contributed by atoms with Gasteiger partial charge in [-0.15, -0.1) is 0 Å². The van der Waals surface area contributed by atoms with Gasteiger partial charge in [0.15, 0.2) is 5.41 Å². The highest BCUT2D eigenvalue weighted by Gasteiger charge is 2.61. The number of rotatable bonds is 4. The standard InChI is InChI=1S/C25H18FN3O5/c1-33-23(31)18-20(15-5-3-14(11-27)4-6-15)25(12-28,13-29)21(16-7-9-17(26)10-8-16)19(22(18)30)24(32)34-2/h3-10,18,20-21,30H,1-2H3/t18-,20+,21+/m0/s1. The van der Waals surface area contributed by atoms with Crippen molar-refractivity contribution in [2.24, 2.45) is 11.3 Å². The Hall–Kier alpha value is -4.68. The molecule has 0 amide bonds. The second-order valence-corrected chi connectivity index (χ2v) is 7.58. The molecule has 2 aromatic rings. The second-order valence-electron chi connectivity index (χ2n) is 7.58. The number of hydrogen-bond acceptors (Lipinski definition) is 8. The van der Waals surface area contributed by atoms with E-state index in [1.807, 2.05) is 18.2 Å². The molecule has 1 aliphatic carbocycles. The quantitative estimate of drug-likeness (QED) is 0.685. The molecule has 0 heterocycles. The van der Waals surface area contributed by atoms with E-state index >= 15 is 0 Å². The van der Waals surface area contributed by atoms with Gasteiger partial charge in [-0.05, 0) is 35.4 Å². The molecule has 0 unspecified atom stereocenters. The number of halogens is 1. The maximum atomic E-state index is 13.7. The lowest BCUT2D eigenvalue weighted by Crippen LogP contribution is -2.47.